The van der Waals surface area contributed by atoms with Crippen molar-refractivity contribution in [1.82, 2.24) is 0 Å². The molecule has 0 saturated carbocycles. The van der Waals surface area contributed by atoms with E-state index in [0.717, 1.165) is 5.56 Å². The maximum atomic E-state index is 9.19. The molecule has 10 heavy (non-hydrogen) atoms. The number of phenols is 1. The highest BCUT2D eigenvalue weighted by Crippen LogP contribution is 2.15. The average Bonchev–Trinajstić information content (AvgIpc) is 1.88. The van der Waals surface area contributed by atoms with Gasteiger partial charge in [-0.1, -0.05) is 24.4 Å². The highest BCUT2D eigenvalue weighted by molar-refractivity contribution is 7.79. The van der Waals surface area contributed by atoms with Gasteiger partial charge in [-0.2, -0.15) is 0 Å². The third-order valence-corrected chi connectivity index (χ3v) is 1.57. The van der Waals surface area contributed by atoms with Crippen LogP contribution in [0.3, 0.4) is 0 Å². The third kappa shape index (κ3) is 1.33. The fourth-order valence-corrected chi connectivity index (χ4v) is 0.953. The molecule has 0 fully saturated rings. The van der Waals surface area contributed by atoms with Gasteiger partial charge in [0.05, 0.1) is 0 Å². The minimum atomic E-state index is 0.259. The topological polar surface area (TPSA) is 20.2 Å². The Morgan fingerprint density at radius 2 is 2.20 bits per heavy atom. The molecule has 0 aliphatic rings. The number of hydrogen-bond donors (Lipinski definition) is 1. The van der Waals surface area contributed by atoms with E-state index in [4.69, 9.17) is 0 Å². The zero-order chi connectivity index (χ0) is 7.56. The Labute approximate surface area is 65.3 Å². The summed E-state index contributed by atoms with van der Waals surface area (Å²) >= 11 is 4.66. The predicted octanol–water partition coefficient (Wildman–Crippen LogP) is 2.05. The minimum absolute atomic E-state index is 0.259. The molecule has 0 amide bonds. The van der Waals surface area contributed by atoms with E-state index in [2.05, 4.69) is 12.2 Å². The predicted molar refractivity (Wildman–Crippen MR) is 45.6 cm³/mol. The summed E-state index contributed by atoms with van der Waals surface area (Å²) in [5, 5.41) is 10.7. The molecule has 0 saturated heterocycles. The minimum Gasteiger partial charge on any atom is -0.507 e. The maximum Gasteiger partial charge on any atom is 0.123 e. The van der Waals surface area contributed by atoms with E-state index in [-0.39, 0.29) is 5.75 Å². The van der Waals surface area contributed by atoms with Gasteiger partial charge in [0.1, 0.15) is 5.75 Å². The number of hydrogen-bond acceptors (Lipinski definition) is 2. The molecule has 1 rings (SSSR count). The van der Waals surface area contributed by atoms with Crippen molar-refractivity contribution < 1.29 is 5.11 Å². The largest absolute Gasteiger partial charge is 0.507 e. The van der Waals surface area contributed by atoms with E-state index in [0.29, 0.717) is 5.56 Å². The smallest absolute Gasteiger partial charge is 0.123 e. The normalized spacial score (nSPS) is 9.30. The van der Waals surface area contributed by atoms with Crippen LogP contribution in [0.1, 0.15) is 11.1 Å². The number of benzene rings is 1. The first kappa shape index (κ1) is 7.22. The molecule has 0 aliphatic carbocycles. The van der Waals surface area contributed by atoms with E-state index in [1.165, 1.54) is 5.37 Å². The molecule has 0 spiro atoms. The Balaban J connectivity index is 3.19. The summed E-state index contributed by atoms with van der Waals surface area (Å²) in [6, 6.07) is 5.41. The summed E-state index contributed by atoms with van der Waals surface area (Å²) in [5.41, 5.74) is 1.75. The van der Waals surface area contributed by atoms with Gasteiger partial charge in [0.15, 0.2) is 0 Å². The molecule has 0 unspecified atom stereocenters. The highest BCUT2D eigenvalue weighted by Gasteiger charge is 1.94. The van der Waals surface area contributed by atoms with E-state index in [1.54, 1.807) is 12.1 Å². The SMILES string of the molecule is Cc1ccc(C=S)c(O)c1. The van der Waals surface area contributed by atoms with Gasteiger partial charge in [-0.15, -0.1) is 0 Å². The molecule has 0 heterocycles. The van der Waals surface area contributed by atoms with Crippen LogP contribution in [0, 0.1) is 6.92 Å². The molecule has 1 aromatic carbocycles. The van der Waals surface area contributed by atoms with Gasteiger partial charge in [0.2, 0.25) is 0 Å². The zero-order valence-electron chi connectivity index (χ0n) is 5.66. The van der Waals surface area contributed by atoms with E-state index >= 15 is 0 Å². The second kappa shape index (κ2) is 2.80. The quantitative estimate of drug-likeness (QED) is 0.621. The van der Waals surface area contributed by atoms with Crippen molar-refractivity contribution in [3.63, 3.8) is 0 Å². The van der Waals surface area contributed by atoms with Gasteiger partial charge in [0.25, 0.3) is 0 Å². The van der Waals surface area contributed by atoms with Crippen molar-refractivity contribution in [2.24, 2.45) is 0 Å². The molecule has 52 valence electrons. The number of thiocarbonyl (C=S) groups is 1. The van der Waals surface area contributed by atoms with Crippen LogP contribution in [0.2, 0.25) is 0 Å². The van der Waals surface area contributed by atoms with Gasteiger partial charge in [0, 0.05) is 10.9 Å². The van der Waals surface area contributed by atoms with Crippen LogP contribution in [0.4, 0.5) is 0 Å². The molecular formula is C8H8OS. The van der Waals surface area contributed by atoms with Crippen molar-refractivity contribution in [3.05, 3.63) is 29.3 Å². The van der Waals surface area contributed by atoms with Crippen molar-refractivity contribution in [2.75, 3.05) is 0 Å². The summed E-state index contributed by atoms with van der Waals surface area (Å²) in [7, 11) is 0. The first-order valence-electron chi connectivity index (χ1n) is 2.99. The second-order valence-corrected chi connectivity index (χ2v) is 2.42. The first-order valence-corrected chi connectivity index (χ1v) is 3.46. The standard InChI is InChI=1S/C8H8OS/c1-6-2-3-7(5-10)8(9)4-6/h2-5,9H,1H3. The molecule has 1 nitrogen and oxygen atoms in total. The summed E-state index contributed by atoms with van der Waals surface area (Å²) in [6.07, 6.45) is 0. The molecule has 1 N–H and O–H groups in total. The van der Waals surface area contributed by atoms with Crippen molar-refractivity contribution in [1.29, 1.82) is 0 Å². The van der Waals surface area contributed by atoms with Gasteiger partial charge < -0.3 is 5.11 Å². The molecule has 2 heteroatoms. The van der Waals surface area contributed by atoms with Gasteiger partial charge in [-0.3, -0.25) is 0 Å². The van der Waals surface area contributed by atoms with Crippen LogP contribution in [0.25, 0.3) is 0 Å². The lowest BCUT2D eigenvalue weighted by atomic mass is 10.1. The van der Waals surface area contributed by atoms with E-state index < -0.39 is 0 Å². The van der Waals surface area contributed by atoms with Crippen molar-refractivity contribution in [3.8, 4) is 5.75 Å². The Morgan fingerprint density at radius 1 is 1.50 bits per heavy atom. The summed E-state index contributed by atoms with van der Waals surface area (Å²) in [4.78, 5) is 0. The molecule has 0 radical (unpaired) electrons. The van der Waals surface area contributed by atoms with Gasteiger partial charge in [-0.05, 0) is 18.6 Å². The summed E-state index contributed by atoms with van der Waals surface area (Å²) < 4.78 is 0. The maximum absolute atomic E-state index is 9.19. The fourth-order valence-electron chi connectivity index (χ4n) is 0.753. The van der Waals surface area contributed by atoms with Crippen LogP contribution < -0.4 is 0 Å². The third-order valence-electron chi connectivity index (χ3n) is 1.31. The van der Waals surface area contributed by atoms with Crippen LogP contribution >= 0.6 is 12.2 Å². The van der Waals surface area contributed by atoms with Crippen LogP contribution in [-0.2, 0) is 0 Å². The molecule has 0 aliphatic heterocycles. The van der Waals surface area contributed by atoms with E-state index in [9.17, 15) is 5.11 Å². The van der Waals surface area contributed by atoms with Crippen molar-refractivity contribution >= 4 is 17.6 Å². The number of phenolic OH excluding ortho intramolecular Hbond substituents is 1. The lowest BCUT2D eigenvalue weighted by molar-refractivity contribution is 0.474. The summed E-state index contributed by atoms with van der Waals surface area (Å²) in [6.45, 7) is 1.92. The Bertz CT molecular complexity index is 255. The van der Waals surface area contributed by atoms with Crippen molar-refractivity contribution in [2.45, 2.75) is 6.92 Å². The zero-order valence-corrected chi connectivity index (χ0v) is 6.48. The second-order valence-electron chi connectivity index (χ2n) is 2.18. The van der Waals surface area contributed by atoms with Gasteiger partial charge in [-0.25, -0.2) is 0 Å². The summed E-state index contributed by atoms with van der Waals surface area (Å²) in [5.74, 6) is 0.259. The number of rotatable bonds is 1. The van der Waals surface area contributed by atoms with Crippen LogP contribution in [0.5, 0.6) is 5.75 Å². The average molecular weight is 152 g/mol. The van der Waals surface area contributed by atoms with E-state index in [1.807, 2.05) is 13.0 Å². The monoisotopic (exact) mass is 152 g/mol. The molecule has 1 aromatic rings. The lowest BCUT2D eigenvalue weighted by Gasteiger charge is -1.97. The molecule has 0 atom stereocenters. The fraction of sp³-hybridized carbons (Fsp3) is 0.125. The Morgan fingerprint density at radius 3 is 2.70 bits per heavy atom. The Kier molecular flexibility index (Phi) is 2.02. The lowest BCUT2D eigenvalue weighted by Crippen LogP contribution is -1.80. The molecule has 0 aromatic heterocycles. The molecular weight excluding hydrogens is 144 g/mol. The Hall–Kier alpha value is -0.890. The number of aryl methyl sites for hydroxylation is 1. The first-order chi connectivity index (χ1) is 4.74. The van der Waals surface area contributed by atoms with Gasteiger partial charge >= 0.3 is 0 Å². The molecule has 0 bridgehead atoms. The number of aromatic hydroxyl groups is 1. The highest BCUT2D eigenvalue weighted by atomic mass is 32.1. The van der Waals surface area contributed by atoms with Crippen LogP contribution in [0.15, 0.2) is 18.2 Å². The van der Waals surface area contributed by atoms with Crippen LogP contribution in [-0.4, -0.2) is 10.5 Å².